The molecule has 24 heavy (non-hydrogen) atoms. The molecule has 1 rings (SSSR count). The van der Waals surface area contributed by atoms with Crippen molar-refractivity contribution in [3.05, 3.63) is 29.8 Å². The van der Waals surface area contributed by atoms with Crippen LogP contribution in [0.2, 0.25) is 0 Å². The van der Waals surface area contributed by atoms with Crippen LogP contribution in [0.4, 0.5) is 18.9 Å². The lowest BCUT2D eigenvalue weighted by Crippen LogP contribution is -2.45. The fourth-order valence-corrected chi connectivity index (χ4v) is 1.86. The van der Waals surface area contributed by atoms with E-state index in [1.807, 2.05) is 13.8 Å². The summed E-state index contributed by atoms with van der Waals surface area (Å²) in [5.74, 6) is -0.719. The van der Waals surface area contributed by atoms with Gasteiger partial charge in [-0.3, -0.25) is 9.59 Å². The average Bonchev–Trinajstić information content (AvgIpc) is 2.46. The summed E-state index contributed by atoms with van der Waals surface area (Å²) in [5.41, 5.74) is -2.26. The van der Waals surface area contributed by atoms with E-state index < -0.39 is 29.0 Å². The second-order valence-electron chi connectivity index (χ2n) is 6.60. The van der Waals surface area contributed by atoms with E-state index in [4.69, 9.17) is 0 Å². The third-order valence-corrected chi connectivity index (χ3v) is 3.59. The van der Waals surface area contributed by atoms with Crippen molar-refractivity contribution in [3.8, 4) is 0 Å². The first-order valence-corrected chi connectivity index (χ1v) is 7.71. The van der Waals surface area contributed by atoms with Gasteiger partial charge in [0.1, 0.15) is 5.41 Å². The van der Waals surface area contributed by atoms with Crippen LogP contribution in [0, 0.1) is 11.3 Å². The minimum absolute atomic E-state index is 0.00196. The van der Waals surface area contributed by atoms with Gasteiger partial charge >= 0.3 is 6.18 Å². The number of benzene rings is 1. The van der Waals surface area contributed by atoms with Crippen molar-refractivity contribution in [2.24, 2.45) is 11.3 Å². The van der Waals surface area contributed by atoms with Crippen LogP contribution in [0.3, 0.4) is 0 Å². The van der Waals surface area contributed by atoms with Crippen LogP contribution in [-0.2, 0) is 15.8 Å². The Kier molecular flexibility index (Phi) is 6.40. The summed E-state index contributed by atoms with van der Waals surface area (Å²) in [6.07, 6.45) is -3.72. The molecule has 134 valence electrons. The van der Waals surface area contributed by atoms with Gasteiger partial charge in [-0.05, 0) is 44.4 Å². The quantitative estimate of drug-likeness (QED) is 0.771. The van der Waals surface area contributed by atoms with Crippen molar-refractivity contribution in [1.29, 1.82) is 0 Å². The van der Waals surface area contributed by atoms with Gasteiger partial charge in [-0.15, -0.1) is 0 Å². The van der Waals surface area contributed by atoms with Crippen LogP contribution in [-0.4, -0.2) is 18.4 Å². The maximum atomic E-state index is 12.7. The molecule has 0 saturated carbocycles. The second-order valence-corrected chi connectivity index (χ2v) is 6.60. The molecule has 0 aromatic heterocycles. The molecule has 0 aliphatic carbocycles. The highest BCUT2D eigenvalue weighted by molar-refractivity contribution is 6.09. The van der Waals surface area contributed by atoms with Gasteiger partial charge in [-0.1, -0.05) is 19.9 Å². The van der Waals surface area contributed by atoms with Crippen LogP contribution < -0.4 is 10.6 Å². The zero-order chi connectivity index (χ0) is 18.5. The Hall–Kier alpha value is -2.05. The molecule has 1 aromatic rings. The van der Waals surface area contributed by atoms with Crippen LogP contribution in [0.15, 0.2) is 24.3 Å². The molecule has 0 atom stereocenters. The molecule has 0 unspecified atom stereocenters. The SMILES string of the molecule is CC(C)CCNC(=O)C(C)(C)C(=O)Nc1cccc(C(F)(F)F)c1. The van der Waals surface area contributed by atoms with Crippen molar-refractivity contribution >= 4 is 17.5 Å². The zero-order valence-corrected chi connectivity index (χ0v) is 14.3. The Balaban J connectivity index is 2.77. The van der Waals surface area contributed by atoms with Gasteiger partial charge in [-0.2, -0.15) is 13.2 Å². The number of alkyl halides is 3. The van der Waals surface area contributed by atoms with Crippen LogP contribution in [0.25, 0.3) is 0 Å². The van der Waals surface area contributed by atoms with E-state index in [1.165, 1.54) is 26.0 Å². The average molecular weight is 344 g/mol. The van der Waals surface area contributed by atoms with Crippen LogP contribution in [0.1, 0.15) is 39.7 Å². The van der Waals surface area contributed by atoms with Gasteiger partial charge in [-0.25, -0.2) is 0 Å². The molecule has 2 amide bonds. The number of nitrogens with one attached hydrogen (secondary N) is 2. The molecule has 0 fully saturated rings. The highest BCUT2D eigenvalue weighted by Crippen LogP contribution is 2.31. The number of hydrogen-bond acceptors (Lipinski definition) is 2. The molecule has 0 spiro atoms. The maximum Gasteiger partial charge on any atom is 0.416 e. The molecule has 0 aliphatic rings. The number of amides is 2. The van der Waals surface area contributed by atoms with Gasteiger partial charge in [0.25, 0.3) is 0 Å². The lowest BCUT2D eigenvalue weighted by molar-refractivity contribution is -0.139. The fraction of sp³-hybridized carbons (Fsp3) is 0.529. The van der Waals surface area contributed by atoms with Crippen LogP contribution >= 0.6 is 0 Å². The second kappa shape index (κ2) is 7.68. The van der Waals surface area contributed by atoms with Crippen molar-refractivity contribution in [2.75, 3.05) is 11.9 Å². The first-order valence-electron chi connectivity index (χ1n) is 7.71. The standard InChI is InChI=1S/C17H23F3N2O2/c1-11(2)8-9-21-14(23)16(3,4)15(24)22-13-7-5-6-12(10-13)17(18,19)20/h5-7,10-11H,8-9H2,1-4H3,(H,21,23)(H,22,24). The Morgan fingerprint density at radius 2 is 1.75 bits per heavy atom. The topological polar surface area (TPSA) is 58.2 Å². The van der Waals surface area contributed by atoms with Gasteiger partial charge in [0, 0.05) is 12.2 Å². The summed E-state index contributed by atoms with van der Waals surface area (Å²) in [4.78, 5) is 24.4. The van der Waals surface area contributed by atoms with Gasteiger partial charge < -0.3 is 10.6 Å². The monoisotopic (exact) mass is 344 g/mol. The van der Waals surface area contributed by atoms with E-state index in [9.17, 15) is 22.8 Å². The highest BCUT2D eigenvalue weighted by atomic mass is 19.4. The van der Waals surface area contributed by atoms with E-state index >= 15 is 0 Å². The zero-order valence-electron chi connectivity index (χ0n) is 14.3. The number of rotatable bonds is 6. The van der Waals surface area contributed by atoms with E-state index in [1.54, 1.807) is 0 Å². The largest absolute Gasteiger partial charge is 0.416 e. The third-order valence-electron chi connectivity index (χ3n) is 3.59. The Bertz CT molecular complexity index is 596. The van der Waals surface area contributed by atoms with E-state index in [0.29, 0.717) is 12.5 Å². The number of carbonyl (C=O) groups is 2. The molecular formula is C17H23F3N2O2. The molecule has 4 nitrogen and oxygen atoms in total. The third kappa shape index (κ3) is 5.54. The lowest BCUT2D eigenvalue weighted by atomic mass is 9.90. The summed E-state index contributed by atoms with van der Waals surface area (Å²) < 4.78 is 38.1. The Labute approximate surface area is 139 Å². The van der Waals surface area contributed by atoms with Gasteiger partial charge in [0.05, 0.1) is 5.56 Å². The number of anilines is 1. The number of hydrogen-bond donors (Lipinski definition) is 2. The van der Waals surface area contributed by atoms with Crippen molar-refractivity contribution in [1.82, 2.24) is 5.32 Å². The molecule has 1 aromatic carbocycles. The molecular weight excluding hydrogens is 321 g/mol. The molecule has 0 aliphatic heterocycles. The first kappa shape index (κ1) is 20.0. The molecule has 0 heterocycles. The van der Waals surface area contributed by atoms with E-state index in [2.05, 4.69) is 10.6 Å². The van der Waals surface area contributed by atoms with Gasteiger partial charge in [0.15, 0.2) is 0 Å². The minimum atomic E-state index is -4.50. The normalized spacial score (nSPS) is 12.2. The first-order chi connectivity index (χ1) is 10.9. The molecule has 0 saturated heterocycles. The summed E-state index contributed by atoms with van der Waals surface area (Å²) >= 11 is 0. The highest BCUT2D eigenvalue weighted by Gasteiger charge is 2.36. The Morgan fingerprint density at radius 3 is 2.29 bits per heavy atom. The fourth-order valence-electron chi connectivity index (χ4n) is 1.86. The number of halogens is 3. The Morgan fingerprint density at radius 1 is 1.12 bits per heavy atom. The summed E-state index contributed by atoms with van der Waals surface area (Å²) in [7, 11) is 0. The van der Waals surface area contributed by atoms with Gasteiger partial charge in [0.2, 0.25) is 11.8 Å². The van der Waals surface area contributed by atoms with Crippen molar-refractivity contribution in [3.63, 3.8) is 0 Å². The summed E-state index contributed by atoms with van der Waals surface area (Å²) in [6, 6.07) is 4.30. The van der Waals surface area contributed by atoms with Crippen molar-refractivity contribution < 1.29 is 22.8 Å². The minimum Gasteiger partial charge on any atom is -0.355 e. The predicted octanol–water partition coefficient (Wildman–Crippen LogP) is 3.83. The lowest BCUT2D eigenvalue weighted by Gasteiger charge is -2.23. The predicted molar refractivity (Wildman–Crippen MR) is 86.3 cm³/mol. The summed E-state index contributed by atoms with van der Waals surface area (Å²) in [5, 5.41) is 5.05. The van der Waals surface area contributed by atoms with Crippen molar-refractivity contribution in [2.45, 2.75) is 40.3 Å². The molecule has 2 N–H and O–H groups in total. The smallest absolute Gasteiger partial charge is 0.355 e. The molecule has 7 heteroatoms. The molecule has 0 bridgehead atoms. The van der Waals surface area contributed by atoms with E-state index in [-0.39, 0.29) is 5.69 Å². The van der Waals surface area contributed by atoms with E-state index in [0.717, 1.165) is 18.6 Å². The summed E-state index contributed by atoms with van der Waals surface area (Å²) in [6.45, 7) is 7.33. The molecule has 0 radical (unpaired) electrons. The number of carbonyl (C=O) groups excluding carboxylic acids is 2. The maximum absolute atomic E-state index is 12.7. The van der Waals surface area contributed by atoms with Crippen LogP contribution in [0.5, 0.6) is 0 Å².